The summed E-state index contributed by atoms with van der Waals surface area (Å²) >= 11 is 0. The molecule has 0 aliphatic rings. The van der Waals surface area contributed by atoms with Gasteiger partial charge in [-0.2, -0.15) is 5.10 Å². The fourth-order valence-electron chi connectivity index (χ4n) is 1.98. The van der Waals surface area contributed by atoms with Crippen molar-refractivity contribution in [2.24, 2.45) is 0 Å². The predicted molar refractivity (Wildman–Crippen MR) is 69.0 cm³/mol. The molecule has 0 aliphatic carbocycles. The Morgan fingerprint density at radius 3 is 2.79 bits per heavy atom. The van der Waals surface area contributed by atoms with E-state index in [1.165, 1.54) is 0 Å². The Morgan fingerprint density at radius 2 is 2.16 bits per heavy atom. The van der Waals surface area contributed by atoms with Gasteiger partial charge < -0.3 is 14.6 Å². The fourth-order valence-corrected chi connectivity index (χ4v) is 1.98. The molecule has 1 N–H and O–H groups in total. The van der Waals surface area contributed by atoms with E-state index in [9.17, 15) is 4.79 Å². The molecule has 0 aliphatic heterocycles. The number of hydrogen-bond donors (Lipinski definition) is 1. The number of methoxy groups -OCH3 is 2. The Bertz CT molecular complexity index is 575. The van der Waals surface area contributed by atoms with E-state index in [-0.39, 0.29) is 5.78 Å². The number of Topliss-reactive ketones (excluding diaryl/α,β-unsaturated/α-hetero) is 1. The monoisotopic (exact) mass is 264 g/mol. The van der Waals surface area contributed by atoms with Crippen LogP contribution in [0.3, 0.4) is 0 Å². The molecular weight excluding hydrogens is 248 g/mol. The van der Waals surface area contributed by atoms with Gasteiger partial charge in [0.1, 0.15) is 6.61 Å². The van der Waals surface area contributed by atoms with E-state index in [2.05, 4.69) is 5.10 Å². The quantitative estimate of drug-likeness (QED) is 0.618. The number of carbonyl (C=O) groups excluding carboxylic acids is 1. The number of aromatic nitrogens is 2. The first-order valence-electron chi connectivity index (χ1n) is 5.85. The molecule has 6 heteroatoms. The van der Waals surface area contributed by atoms with Gasteiger partial charge in [-0.05, 0) is 6.07 Å². The normalized spacial score (nSPS) is 11.4. The first kappa shape index (κ1) is 13.7. The lowest BCUT2D eigenvalue weighted by Gasteiger charge is -2.14. The van der Waals surface area contributed by atoms with Crippen molar-refractivity contribution >= 4 is 16.7 Å². The third-order valence-corrected chi connectivity index (χ3v) is 2.95. The molecule has 0 saturated heterocycles. The maximum Gasteiger partial charge on any atom is 0.190 e. The number of hydrogen-bond acceptors (Lipinski definition) is 5. The second-order valence-corrected chi connectivity index (χ2v) is 4.05. The van der Waals surface area contributed by atoms with Gasteiger partial charge in [0.05, 0.1) is 18.3 Å². The Morgan fingerprint density at radius 1 is 1.42 bits per heavy atom. The Hall–Kier alpha value is -1.76. The van der Waals surface area contributed by atoms with Gasteiger partial charge in [-0.3, -0.25) is 9.48 Å². The molecule has 0 atom stereocenters. The Kier molecular flexibility index (Phi) is 4.26. The average Bonchev–Trinajstić information content (AvgIpc) is 2.86. The van der Waals surface area contributed by atoms with Crippen molar-refractivity contribution in [2.75, 3.05) is 20.8 Å². The van der Waals surface area contributed by atoms with Gasteiger partial charge in [-0.1, -0.05) is 12.1 Å². The van der Waals surface area contributed by atoms with Crippen LogP contribution in [0.4, 0.5) is 0 Å². The first-order valence-corrected chi connectivity index (χ1v) is 5.85. The smallest absolute Gasteiger partial charge is 0.190 e. The number of aliphatic hydroxyl groups excluding tert-OH is 1. The number of rotatable bonds is 6. The van der Waals surface area contributed by atoms with Crippen LogP contribution >= 0.6 is 0 Å². The van der Waals surface area contributed by atoms with E-state index in [0.717, 1.165) is 5.39 Å². The van der Waals surface area contributed by atoms with Crippen LogP contribution < -0.4 is 0 Å². The molecule has 102 valence electrons. The second-order valence-electron chi connectivity index (χ2n) is 4.05. The zero-order chi connectivity index (χ0) is 13.8. The van der Waals surface area contributed by atoms with Crippen molar-refractivity contribution in [3.05, 3.63) is 30.0 Å². The average molecular weight is 264 g/mol. The van der Waals surface area contributed by atoms with Crippen LogP contribution in [0.25, 0.3) is 10.9 Å². The lowest BCUT2D eigenvalue weighted by atomic mass is 10.1. The molecule has 0 radical (unpaired) electrons. The van der Waals surface area contributed by atoms with Crippen molar-refractivity contribution in [2.45, 2.75) is 12.8 Å². The molecule has 0 amide bonds. The van der Waals surface area contributed by atoms with Crippen molar-refractivity contribution in [1.29, 1.82) is 0 Å². The molecule has 2 rings (SSSR count). The SMILES string of the molecule is COC(Cn1ncc2cccc(C(=O)CO)c21)OC. The summed E-state index contributed by atoms with van der Waals surface area (Å²) in [6.45, 7) is -0.158. The minimum absolute atomic E-state index is 0.335. The van der Waals surface area contributed by atoms with Crippen LogP contribution in [0.15, 0.2) is 24.4 Å². The van der Waals surface area contributed by atoms with E-state index in [0.29, 0.717) is 17.6 Å². The van der Waals surface area contributed by atoms with Gasteiger partial charge in [0.2, 0.25) is 0 Å². The van der Waals surface area contributed by atoms with Crippen LogP contribution in [0.1, 0.15) is 10.4 Å². The van der Waals surface area contributed by atoms with E-state index in [1.54, 1.807) is 37.2 Å². The summed E-state index contributed by atoms with van der Waals surface area (Å²) in [5, 5.41) is 14.1. The standard InChI is InChI=1S/C13H16N2O4/c1-18-12(19-2)7-15-13-9(6-14-15)4-3-5-10(13)11(17)8-16/h3-6,12,16H,7-8H2,1-2H3. The molecule has 1 heterocycles. The molecular formula is C13H16N2O4. The number of ketones is 1. The topological polar surface area (TPSA) is 73.6 Å². The number of carbonyl (C=O) groups is 1. The largest absolute Gasteiger partial charge is 0.388 e. The van der Waals surface area contributed by atoms with Gasteiger partial charge in [0.25, 0.3) is 0 Å². The second kappa shape index (κ2) is 5.92. The number of nitrogens with zero attached hydrogens (tertiary/aromatic N) is 2. The zero-order valence-corrected chi connectivity index (χ0v) is 10.9. The fraction of sp³-hybridized carbons (Fsp3) is 0.385. The third kappa shape index (κ3) is 2.65. The minimum atomic E-state index is -0.526. The van der Waals surface area contributed by atoms with Crippen molar-refractivity contribution in [1.82, 2.24) is 9.78 Å². The minimum Gasteiger partial charge on any atom is -0.388 e. The van der Waals surface area contributed by atoms with E-state index >= 15 is 0 Å². The zero-order valence-electron chi connectivity index (χ0n) is 10.9. The highest BCUT2D eigenvalue weighted by molar-refractivity contribution is 6.07. The van der Waals surface area contributed by atoms with E-state index < -0.39 is 12.9 Å². The van der Waals surface area contributed by atoms with Gasteiger partial charge in [-0.15, -0.1) is 0 Å². The highest BCUT2D eigenvalue weighted by Crippen LogP contribution is 2.19. The van der Waals surface area contributed by atoms with Gasteiger partial charge in [0, 0.05) is 25.2 Å². The van der Waals surface area contributed by atoms with Gasteiger partial charge >= 0.3 is 0 Å². The number of para-hydroxylation sites is 1. The number of benzene rings is 1. The lowest BCUT2D eigenvalue weighted by molar-refractivity contribution is -0.111. The van der Waals surface area contributed by atoms with E-state index in [4.69, 9.17) is 14.6 Å². The number of aliphatic hydroxyl groups is 1. The van der Waals surface area contributed by atoms with E-state index in [1.807, 2.05) is 6.07 Å². The van der Waals surface area contributed by atoms with Crippen LogP contribution in [-0.2, 0) is 16.0 Å². The molecule has 0 fully saturated rings. The highest BCUT2D eigenvalue weighted by Gasteiger charge is 2.16. The summed E-state index contributed by atoms with van der Waals surface area (Å²) in [5.41, 5.74) is 1.13. The van der Waals surface area contributed by atoms with Crippen molar-refractivity contribution in [3.8, 4) is 0 Å². The summed E-state index contributed by atoms with van der Waals surface area (Å²) in [6.07, 6.45) is 1.23. The summed E-state index contributed by atoms with van der Waals surface area (Å²) in [4.78, 5) is 11.7. The highest BCUT2D eigenvalue weighted by atomic mass is 16.7. The van der Waals surface area contributed by atoms with Crippen LogP contribution in [0.2, 0.25) is 0 Å². The van der Waals surface area contributed by atoms with Crippen molar-refractivity contribution < 1.29 is 19.4 Å². The molecule has 19 heavy (non-hydrogen) atoms. The molecule has 0 spiro atoms. The molecule has 6 nitrogen and oxygen atoms in total. The van der Waals surface area contributed by atoms with Crippen LogP contribution in [0, 0.1) is 0 Å². The van der Waals surface area contributed by atoms with Gasteiger partial charge in [-0.25, -0.2) is 0 Å². The van der Waals surface area contributed by atoms with Crippen LogP contribution in [-0.4, -0.2) is 47.8 Å². The number of ether oxygens (including phenoxy) is 2. The Balaban J connectivity index is 2.47. The molecule has 1 aromatic carbocycles. The molecule has 1 aromatic heterocycles. The summed E-state index contributed by atoms with van der Waals surface area (Å²) in [7, 11) is 3.08. The predicted octanol–water partition coefficient (Wildman–Crippen LogP) is 0.830. The molecule has 0 unspecified atom stereocenters. The van der Waals surface area contributed by atoms with Gasteiger partial charge in [0.15, 0.2) is 12.1 Å². The van der Waals surface area contributed by atoms with Crippen molar-refractivity contribution in [3.63, 3.8) is 0 Å². The lowest BCUT2D eigenvalue weighted by Crippen LogP contribution is -2.22. The summed E-state index contributed by atoms with van der Waals surface area (Å²) < 4.78 is 11.9. The molecule has 0 bridgehead atoms. The maximum absolute atomic E-state index is 11.7. The number of fused-ring (bicyclic) bond motifs is 1. The maximum atomic E-state index is 11.7. The Labute approximate surface area is 110 Å². The third-order valence-electron chi connectivity index (χ3n) is 2.95. The first-order chi connectivity index (χ1) is 9.21. The summed E-state index contributed by atoms with van der Waals surface area (Å²) in [6, 6.07) is 5.30. The molecule has 0 saturated carbocycles. The summed E-state index contributed by atoms with van der Waals surface area (Å²) in [5.74, 6) is -0.335. The van der Waals surface area contributed by atoms with Crippen LogP contribution in [0.5, 0.6) is 0 Å². The molecule has 2 aromatic rings.